The molecule has 2 aromatic carbocycles. The molecule has 26 heavy (non-hydrogen) atoms. The molecule has 3 nitrogen and oxygen atoms in total. The predicted molar refractivity (Wildman–Crippen MR) is 99.8 cm³/mol. The van der Waals surface area contributed by atoms with Gasteiger partial charge in [0.25, 0.3) is 5.91 Å². The number of amides is 1. The first kappa shape index (κ1) is 18.1. The number of halogens is 1. The zero-order valence-electron chi connectivity index (χ0n) is 15.5. The van der Waals surface area contributed by atoms with Gasteiger partial charge < -0.3 is 4.90 Å². The molecule has 134 valence electrons. The van der Waals surface area contributed by atoms with Gasteiger partial charge in [-0.15, -0.1) is 0 Å². The number of carbonyl (C=O) groups is 1. The van der Waals surface area contributed by atoms with Crippen LogP contribution in [0.15, 0.2) is 36.4 Å². The number of rotatable bonds is 4. The molecule has 2 aromatic rings. The fourth-order valence-electron chi connectivity index (χ4n) is 3.56. The second kappa shape index (κ2) is 6.92. The molecular weight excluding hydrogens is 327 g/mol. The topological polar surface area (TPSA) is 44.1 Å². The van der Waals surface area contributed by atoms with E-state index >= 15 is 4.39 Å². The fraction of sp³-hybridized carbons (Fsp3) is 0.364. The molecule has 0 saturated carbocycles. The van der Waals surface area contributed by atoms with E-state index in [1.807, 2.05) is 25.1 Å². The summed E-state index contributed by atoms with van der Waals surface area (Å²) in [5, 5.41) is 8.85. The van der Waals surface area contributed by atoms with Crippen LogP contribution in [0.3, 0.4) is 0 Å². The number of benzene rings is 2. The molecule has 1 amide bonds. The average Bonchev–Trinajstić information content (AvgIpc) is 2.61. The van der Waals surface area contributed by atoms with Crippen LogP contribution in [0.25, 0.3) is 0 Å². The first-order chi connectivity index (χ1) is 12.4. The summed E-state index contributed by atoms with van der Waals surface area (Å²) >= 11 is 0. The predicted octanol–water partition coefficient (Wildman–Crippen LogP) is 4.45. The summed E-state index contributed by atoms with van der Waals surface area (Å²) in [4.78, 5) is 14.4. The van der Waals surface area contributed by atoms with Crippen LogP contribution in [-0.2, 0) is 12.1 Å². The largest absolute Gasteiger partial charge is 0.331 e. The van der Waals surface area contributed by atoms with Crippen molar-refractivity contribution in [3.05, 3.63) is 69.8 Å². The van der Waals surface area contributed by atoms with E-state index in [0.717, 1.165) is 18.4 Å². The van der Waals surface area contributed by atoms with Crippen molar-refractivity contribution in [2.24, 2.45) is 0 Å². The maximum atomic E-state index is 15.1. The standard InChI is InChI=1S/C22H23FN2O/c1-4-5-18-11-20(16(3)10-15(18)2)21(26)25-13-22(23,14-25)19-8-6-17(12-24)7-9-19/h6-11H,4-5,13-14H2,1-3H3. The van der Waals surface area contributed by atoms with E-state index < -0.39 is 5.67 Å². The summed E-state index contributed by atoms with van der Waals surface area (Å²) in [6.07, 6.45) is 1.96. The monoisotopic (exact) mass is 350 g/mol. The first-order valence-corrected chi connectivity index (χ1v) is 8.97. The van der Waals surface area contributed by atoms with Gasteiger partial charge in [0.15, 0.2) is 5.67 Å². The van der Waals surface area contributed by atoms with Crippen LogP contribution in [0.4, 0.5) is 4.39 Å². The summed E-state index contributed by atoms with van der Waals surface area (Å²) in [7, 11) is 0. The Kier molecular flexibility index (Phi) is 4.82. The fourth-order valence-corrected chi connectivity index (χ4v) is 3.56. The highest BCUT2D eigenvalue weighted by molar-refractivity contribution is 5.96. The van der Waals surface area contributed by atoms with Gasteiger partial charge in [0, 0.05) is 5.56 Å². The Morgan fingerprint density at radius 1 is 1.19 bits per heavy atom. The van der Waals surface area contributed by atoms with Gasteiger partial charge in [0.2, 0.25) is 0 Å². The third-order valence-corrected chi connectivity index (χ3v) is 5.13. The molecule has 0 atom stereocenters. The third-order valence-electron chi connectivity index (χ3n) is 5.13. The smallest absolute Gasteiger partial charge is 0.254 e. The minimum absolute atomic E-state index is 0.0498. The van der Waals surface area contributed by atoms with Gasteiger partial charge in [0.1, 0.15) is 0 Å². The Hall–Kier alpha value is -2.67. The Morgan fingerprint density at radius 3 is 2.42 bits per heavy atom. The summed E-state index contributed by atoms with van der Waals surface area (Å²) < 4.78 is 15.1. The molecule has 3 rings (SSSR count). The molecule has 1 heterocycles. The van der Waals surface area contributed by atoms with Gasteiger partial charge in [-0.05, 0) is 60.7 Å². The van der Waals surface area contributed by atoms with Crippen molar-refractivity contribution < 1.29 is 9.18 Å². The molecule has 1 aliphatic rings. The van der Waals surface area contributed by atoms with Crippen molar-refractivity contribution >= 4 is 5.91 Å². The van der Waals surface area contributed by atoms with Gasteiger partial charge in [-0.1, -0.05) is 31.5 Å². The maximum absolute atomic E-state index is 15.1. The Labute approximate surface area is 154 Å². The van der Waals surface area contributed by atoms with Gasteiger partial charge in [0.05, 0.1) is 24.7 Å². The molecule has 0 spiro atoms. The van der Waals surface area contributed by atoms with Crippen molar-refractivity contribution in [1.82, 2.24) is 4.90 Å². The number of likely N-dealkylation sites (tertiary alicyclic amines) is 1. The van der Waals surface area contributed by atoms with Crippen LogP contribution < -0.4 is 0 Å². The zero-order chi connectivity index (χ0) is 18.9. The highest BCUT2D eigenvalue weighted by Crippen LogP contribution is 2.37. The number of aryl methyl sites for hydroxylation is 3. The third kappa shape index (κ3) is 3.22. The number of nitriles is 1. The van der Waals surface area contributed by atoms with E-state index in [-0.39, 0.29) is 19.0 Å². The van der Waals surface area contributed by atoms with Crippen molar-refractivity contribution in [2.75, 3.05) is 13.1 Å². The second-order valence-electron chi connectivity index (χ2n) is 7.16. The van der Waals surface area contributed by atoms with Gasteiger partial charge >= 0.3 is 0 Å². The van der Waals surface area contributed by atoms with E-state index in [4.69, 9.17) is 5.26 Å². The molecular formula is C22H23FN2O. The lowest BCUT2D eigenvalue weighted by Gasteiger charge is -2.45. The SMILES string of the molecule is CCCc1cc(C(=O)N2CC(F)(c3ccc(C#N)cc3)C2)c(C)cc1C. The number of nitrogens with zero attached hydrogens (tertiary/aromatic N) is 2. The van der Waals surface area contributed by atoms with E-state index in [0.29, 0.717) is 16.7 Å². The van der Waals surface area contributed by atoms with Crippen LogP contribution in [-0.4, -0.2) is 23.9 Å². The molecule has 1 fully saturated rings. The molecule has 0 unspecified atom stereocenters. The van der Waals surface area contributed by atoms with Crippen LogP contribution in [0.2, 0.25) is 0 Å². The van der Waals surface area contributed by atoms with E-state index in [1.165, 1.54) is 11.1 Å². The average molecular weight is 350 g/mol. The van der Waals surface area contributed by atoms with Crippen molar-refractivity contribution in [3.8, 4) is 6.07 Å². The van der Waals surface area contributed by atoms with Gasteiger partial charge in [-0.25, -0.2) is 4.39 Å². The van der Waals surface area contributed by atoms with E-state index in [2.05, 4.69) is 13.8 Å². The highest BCUT2D eigenvalue weighted by Gasteiger charge is 2.47. The van der Waals surface area contributed by atoms with Crippen molar-refractivity contribution in [1.29, 1.82) is 5.26 Å². The summed E-state index contributed by atoms with van der Waals surface area (Å²) in [6, 6.07) is 12.5. The van der Waals surface area contributed by atoms with Crippen LogP contribution in [0, 0.1) is 25.2 Å². The van der Waals surface area contributed by atoms with Crippen molar-refractivity contribution in [2.45, 2.75) is 39.3 Å². The lowest BCUT2D eigenvalue weighted by molar-refractivity contribution is -0.0231. The normalized spacial score (nSPS) is 15.3. The second-order valence-corrected chi connectivity index (χ2v) is 7.16. The lowest BCUT2D eigenvalue weighted by Crippen LogP contribution is -2.58. The number of alkyl halides is 1. The van der Waals surface area contributed by atoms with Crippen LogP contribution in [0.5, 0.6) is 0 Å². The maximum Gasteiger partial charge on any atom is 0.254 e. The summed E-state index contributed by atoms with van der Waals surface area (Å²) in [5.41, 5.74) is 3.47. The molecule has 4 heteroatoms. The summed E-state index contributed by atoms with van der Waals surface area (Å²) in [5.74, 6) is -0.109. The van der Waals surface area contributed by atoms with E-state index in [1.54, 1.807) is 29.2 Å². The molecule has 0 aromatic heterocycles. The van der Waals surface area contributed by atoms with Crippen molar-refractivity contribution in [3.63, 3.8) is 0 Å². The minimum atomic E-state index is -1.53. The van der Waals surface area contributed by atoms with Crippen LogP contribution in [0.1, 0.15) is 51.5 Å². The lowest BCUT2D eigenvalue weighted by atomic mass is 9.86. The molecule has 0 radical (unpaired) electrons. The Morgan fingerprint density at radius 2 is 1.85 bits per heavy atom. The Balaban J connectivity index is 1.77. The molecule has 1 saturated heterocycles. The first-order valence-electron chi connectivity index (χ1n) is 8.97. The summed E-state index contributed by atoms with van der Waals surface area (Å²) in [6.45, 7) is 6.21. The molecule has 1 aliphatic heterocycles. The Bertz CT molecular complexity index is 874. The van der Waals surface area contributed by atoms with Crippen LogP contribution >= 0.6 is 0 Å². The van der Waals surface area contributed by atoms with Gasteiger partial charge in [-0.2, -0.15) is 5.26 Å². The van der Waals surface area contributed by atoms with E-state index in [9.17, 15) is 4.79 Å². The molecule has 0 aliphatic carbocycles. The number of hydrogen-bond donors (Lipinski definition) is 0. The zero-order valence-corrected chi connectivity index (χ0v) is 15.5. The molecule has 0 N–H and O–H groups in total. The molecule has 0 bridgehead atoms. The van der Waals surface area contributed by atoms with Gasteiger partial charge in [-0.3, -0.25) is 4.79 Å². The quantitative estimate of drug-likeness (QED) is 0.818. The highest BCUT2D eigenvalue weighted by atomic mass is 19.1. The number of hydrogen-bond acceptors (Lipinski definition) is 2. The minimum Gasteiger partial charge on any atom is -0.331 e. The number of carbonyl (C=O) groups excluding carboxylic acids is 1.